The summed E-state index contributed by atoms with van der Waals surface area (Å²) >= 11 is 0. The van der Waals surface area contributed by atoms with E-state index in [0.717, 1.165) is 12.1 Å². The highest BCUT2D eigenvalue weighted by molar-refractivity contribution is 5.89. The Balaban J connectivity index is 1.57. The lowest BCUT2D eigenvalue weighted by molar-refractivity contribution is -0.143. The lowest BCUT2D eigenvalue weighted by Crippen LogP contribution is -2.44. The van der Waals surface area contributed by atoms with Crippen LogP contribution in [-0.4, -0.2) is 35.1 Å². The number of amides is 2. The minimum Gasteiger partial charge on any atom is -0.481 e. The van der Waals surface area contributed by atoms with E-state index >= 15 is 0 Å². The number of anilines is 1. The van der Waals surface area contributed by atoms with Gasteiger partial charge in [0.1, 0.15) is 0 Å². The first kappa shape index (κ1) is 14.9. The highest BCUT2D eigenvalue weighted by Gasteiger charge is 2.28. The second kappa shape index (κ2) is 6.38. The topological polar surface area (TPSA) is 69.6 Å². The zero-order valence-corrected chi connectivity index (χ0v) is 12.6. The summed E-state index contributed by atoms with van der Waals surface area (Å²) in [6.45, 7) is 0.914. The van der Waals surface area contributed by atoms with Gasteiger partial charge in [-0.25, -0.2) is 4.79 Å². The van der Waals surface area contributed by atoms with Crippen LogP contribution in [0.5, 0.6) is 0 Å². The summed E-state index contributed by atoms with van der Waals surface area (Å²) in [6, 6.07) is 7.82. The summed E-state index contributed by atoms with van der Waals surface area (Å²) in [5.74, 6) is -0.578. The molecule has 1 saturated carbocycles. The van der Waals surface area contributed by atoms with Crippen LogP contribution >= 0.6 is 0 Å². The molecule has 1 atom stereocenters. The molecule has 2 fully saturated rings. The number of aliphatic carboxylic acids is 1. The number of rotatable bonds is 3. The summed E-state index contributed by atoms with van der Waals surface area (Å²) in [7, 11) is 0. The number of carboxylic acid groups (broad SMARTS) is 1. The Labute approximate surface area is 130 Å². The van der Waals surface area contributed by atoms with E-state index in [4.69, 9.17) is 5.11 Å². The van der Waals surface area contributed by atoms with E-state index < -0.39 is 11.9 Å². The van der Waals surface area contributed by atoms with Crippen molar-refractivity contribution in [3.05, 3.63) is 29.8 Å². The van der Waals surface area contributed by atoms with E-state index in [9.17, 15) is 9.59 Å². The van der Waals surface area contributed by atoms with Gasteiger partial charge in [-0.1, -0.05) is 18.6 Å². The lowest BCUT2D eigenvalue weighted by atomic mass is 9.80. The Kier molecular flexibility index (Phi) is 4.32. The van der Waals surface area contributed by atoms with Gasteiger partial charge in [0.25, 0.3) is 0 Å². The van der Waals surface area contributed by atoms with Gasteiger partial charge in [0, 0.05) is 18.8 Å². The van der Waals surface area contributed by atoms with Crippen LogP contribution in [0, 0.1) is 5.92 Å². The normalized spacial score (nSPS) is 22.0. The minimum absolute atomic E-state index is 0.206. The molecule has 22 heavy (non-hydrogen) atoms. The van der Waals surface area contributed by atoms with Crippen LogP contribution in [0.25, 0.3) is 0 Å². The molecule has 1 unspecified atom stereocenters. The molecule has 1 aliphatic heterocycles. The van der Waals surface area contributed by atoms with Gasteiger partial charge in [-0.3, -0.25) is 4.79 Å². The fraction of sp³-hybridized carbons (Fsp3) is 0.529. The average molecular weight is 302 g/mol. The van der Waals surface area contributed by atoms with E-state index in [1.165, 1.54) is 24.8 Å². The molecule has 3 rings (SSSR count). The summed E-state index contributed by atoms with van der Waals surface area (Å²) in [5.41, 5.74) is 2.11. The van der Waals surface area contributed by atoms with Crippen molar-refractivity contribution in [2.75, 3.05) is 18.4 Å². The van der Waals surface area contributed by atoms with Crippen molar-refractivity contribution in [1.29, 1.82) is 0 Å². The van der Waals surface area contributed by atoms with Crippen LogP contribution in [0.2, 0.25) is 0 Å². The number of carboxylic acids is 1. The number of piperidine rings is 1. The Bertz CT molecular complexity index is 552. The van der Waals surface area contributed by atoms with Crippen molar-refractivity contribution in [3.8, 4) is 0 Å². The highest BCUT2D eigenvalue weighted by Crippen LogP contribution is 2.36. The minimum atomic E-state index is -0.817. The maximum atomic E-state index is 12.2. The maximum Gasteiger partial charge on any atom is 0.321 e. The average Bonchev–Trinajstić information content (AvgIpc) is 2.47. The number of hydrogen-bond acceptors (Lipinski definition) is 2. The predicted octanol–water partition coefficient (Wildman–Crippen LogP) is 3.28. The van der Waals surface area contributed by atoms with Crippen molar-refractivity contribution in [3.63, 3.8) is 0 Å². The quantitative estimate of drug-likeness (QED) is 0.900. The van der Waals surface area contributed by atoms with E-state index in [-0.39, 0.29) is 6.03 Å². The third-order valence-electron chi connectivity index (χ3n) is 4.80. The maximum absolute atomic E-state index is 12.2. The van der Waals surface area contributed by atoms with E-state index in [1.54, 1.807) is 4.90 Å². The number of hydrogen-bond donors (Lipinski definition) is 2. The summed E-state index contributed by atoms with van der Waals surface area (Å²) in [5, 5.41) is 11.9. The second-order valence-electron chi connectivity index (χ2n) is 6.30. The number of nitrogens with zero attached hydrogens (tertiary/aromatic N) is 1. The first-order chi connectivity index (χ1) is 10.6. The third-order valence-corrected chi connectivity index (χ3v) is 4.80. The first-order valence-electron chi connectivity index (χ1n) is 8.02. The van der Waals surface area contributed by atoms with Crippen LogP contribution in [0.4, 0.5) is 10.5 Å². The first-order valence-corrected chi connectivity index (χ1v) is 8.02. The smallest absolute Gasteiger partial charge is 0.321 e. The number of carbonyl (C=O) groups excluding carboxylic acids is 1. The third kappa shape index (κ3) is 3.24. The molecule has 0 aromatic heterocycles. The van der Waals surface area contributed by atoms with Crippen LogP contribution in [0.15, 0.2) is 24.3 Å². The molecule has 2 amide bonds. The lowest BCUT2D eigenvalue weighted by Gasteiger charge is -2.30. The van der Waals surface area contributed by atoms with Gasteiger partial charge in [-0.15, -0.1) is 0 Å². The van der Waals surface area contributed by atoms with Gasteiger partial charge in [0.2, 0.25) is 0 Å². The molecule has 5 nitrogen and oxygen atoms in total. The fourth-order valence-corrected chi connectivity index (χ4v) is 3.15. The number of carbonyl (C=O) groups is 2. The molecule has 0 radical (unpaired) electrons. The molecule has 118 valence electrons. The molecular formula is C17H22N2O3. The monoisotopic (exact) mass is 302 g/mol. The Hall–Kier alpha value is -2.04. The van der Waals surface area contributed by atoms with Crippen LogP contribution in [0.1, 0.15) is 43.6 Å². The molecule has 1 aromatic carbocycles. The molecule has 1 aromatic rings. The summed E-state index contributed by atoms with van der Waals surface area (Å²) in [4.78, 5) is 24.9. The molecule has 1 heterocycles. The van der Waals surface area contributed by atoms with Gasteiger partial charge in [-0.05, 0) is 49.3 Å². The molecule has 2 N–H and O–H groups in total. The van der Waals surface area contributed by atoms with Crippen molar-refractivity contribution < 1.29 is 14.7 Å². The van der Waals surface area contributed by atoms with Crippen LogP contribution in [-0.2, 0) is 4.79 Å². The molecule has 2 aliphatic rings. The van der Waals surface area contributed by atoms with Crippen molar-refractivity contribution in [2.24, 2.45) is 5.92 Å². The molecule has 0 spiro atoms. The molecule has 1 saturated heterocycles. The zero-order chi connectivity index (χ0) is 15.5. The highest BCUT2D eigenvalue weighted by atomic mass is 16.4. The zero-order valence-electron chi connectivity index (χ0n) is 12.6. The van der Waals surface area contributed by atoms with Gasteiger partial charge in [0.15, 0.2) is 0 Å². The second-order valence-corrected chi connectivity index (χ2v) is 6.30. The Morgan fingerprint density at radius 1 is 1.09 bits per heavy atom. The number of likely N-dealkylation sites (tertiary alicyclic amines) is 1. The van der Waals surface area contributed by atoms with Gasteiger partial charge in [-0.2, -0.15) is 0 Å². The molecular weight excluding hydrogens is 280 g/mol. The van der Waals surface area contributed by atoms with Crippen LogP contribution in [0.3, 0.4) is 0 Å². The van der Waals surface area contributed by atoms with Crippen molar-refractivity contribution in [1.82, 2.24) is 4.90 Å². The van der Waals surface area contributed by atoms with Gasteiger partial charge < -0.3 is 15.3 Å². The van der Waals surface area contributed by atoms with E-state index in [0.29, 0.717) is 25.4 Å². The Morgan fingerprint density at radius 2 is 1.82 bits per heavy atom. The standard InChI is InChI=1S/C17H22N2O3/c20-16(21)14-5-2-10-19(11-14)17(22)18-15-8-6-13(7-9-15)12-3-1-4-12/h6-9,12,14H,1-5,10-11H2,(H,18,22)(H,20,21). The SMILES string of the molecule is O=C(O)C1CCCN(C(=O)Nc2ccc(C3CCC3)cc2)C1. The summed E-state index contributed by atoms with van der Waals surface area (Å²) in [6.07, 6.45) is 5.22. The summed E-state index contributed by atoms with van der Waals surface area (Å²) < 4.78 is 0. The van der Waals surface area contributed by atoms with E-state index in [1.807, 2.05) is 12.1 Å². The number of nitrogens with one attached hydrogen (secondary N) is 1. The number of benzene rings is 1. The van der Waals surface area contributed by atoms with Gasteiger partial charge >= 0.3 is 12.0 Å². The number of urea groups is 1. The van der Waals surface area contributed by atoms with Crippen LogP contribution < -0.4 is 5.32 Å². The van der Waals surface area contributed by atoms with Gasteiger partial charge in [0.05, 0.1) is 5.92 Å². The largest absolute Gasteiger partial charge is 0.481 e. The fourth-order valence-electron chi connectivity index (χ4n) is 3.15. The molecule has 5 heteroatoms. The molecule has 1 aliphatic carbocycles. The Morgan fingerprint density at radius 3 is 2.41 bits per heavy atom. The molecule has 0 bridgehead atoms. The van der Waals surface area contributed by atoms with Crippen molar-refractivity contribution in [2.45, 2.75) is 38.0 Å². The van der Waals surface area contributed by atoms with Crippen molar-refractivity contribution >= 4 is 17.7 Å². The van der Waals surface area contributed by atoms with E-state index in [2.05, 4.69) is 17.4 Å². The predicted molar refractivity (Wildman–Crippen MR) is 84.0 cm³/mol.